The minimum atomic E-state index is -0.567. The SMILES string of the molecule is CC.CC(=O)Cl.CC(C)(C)c1noc(C(=O)NCc2ccc(-c3ccnc4nc(-c5ccccc5N)[nH]c34)cc2F)n1. The van der Waals surface area contributed by atoms with Crippen molar-refractivity contribution >= 4 is 39.6 Å². The van der Waals surface area contributed by atoms with Gasteiger partial charge in [0.2, 0.25) is 5.24 Å². The number of anilines is 1. The summed E-state index contributed by atoms with van der Waals surface area (Å²) in [5, 5.41) is 6.10. The summed E-state index contributed by atoms with van der Waals surface area (Å²) < 4.78 is 20.1. The fourth-order valence-electron chi connectivity index (χ4n) is 3.72. The van der Waals surface area contributed by atoms with Crippen LogP contribution in [0.15, 0.2) is 59.3 Å². The molecule has 10 nitrogen and oxygen atoms in total. The fourth-order valence-corrected chi connectivity index (χ4v) is 3.72. The van der Waals surface area contributed by atoms with Crippen molar-refractivity contribution < 1.29 is 18.5 Å². The Morgan fingerprint density at radius 3 is 2.38 bits per heavy atom. The van der Waals surface area contributed by atoms with Gasteiger partial charge in [0.25, 0.3) is 0 Å². The highest BCUT2D eigenvalue weighted by atomic mass is 35.5. The molecule has 5 aromatic rings. The maximum Gasteiger partial charge on any atom is 0.315 e. The highest BCUT2D eigenvalue weighted by Crippen LogP contribution is 2.31. The predicted molar refractivity (Wildman–Crippen MR) is 161 cm³/mol. The van der Waals surface area contributed by atoms with Crippen LogP contribution in [0.4, 0.5) is 10.1 Å². The van der Waals surface area contributed by atoms with Crippen LogP contribution in [0.5, 0.6) is 0 Å². The Kier molecular flexibility index (Phi) is 10.5. The molecule has 0 fully saturated rings. The van der Waals surface area contributed by atoms with E-state index in [2.05, 4.69) is 42.0 Å². The molecule has 0 bridgehead atoms. The molecular weight excluding hydrogens is 561 g/mol. The number of imidazole rings is 1. The van der Waals surface area contributed by atoms with E-state index in [1.807, 2.05) is 52.8 Å². The van der Waals surface area contributed by atoms with Crippen molar-refractivity contribution in [1.29, 1.82) is 0 Å². The topological polar surface area (TPSA) is 153 Å². The van der Waals surface area contributed by atoms with Gasteiger partial charge in [0.05, 0.1) is 5.52 Å². The van der Waals surface area contributed by atoms with E-state index in [4.69, 9.17) is 10.3 Å². The number of halogens is 2. The van der Waals surface area contributed by atoms with Crippen molar-refractivity contribution in [2.24, 2.45) is 0 Å². The van der Waals surface area contributed by atoms with E-state index in [1.165, 1.54) is 13.0 Å². The van der Waals surface area contributed by atoms with Crippen LogP contribution in [0.3, 0.4) is 0 Å². The van der Waals surface area contributed by atoms with E-state index < -0.39 is 11.7 Å². The fraction of sp³-hybridized carbons (Fsp3) is 0.267. The molecule has 0 aliphatic heterocycles. The first-order chi connectivity index (χ1) is 19.9. The number of nitrogens with two attached hydrogens (primary N) is 1. The van der Waals surface area contributed by atoms with Gasteiger partial charge in [-0.25, -0.2) is 14.4 Å². The maximum atomic E-state index is 15.0. The molecule has 0 radical (unpaired) electrons. The molecule has 0 unspecified atom stereocenters. The lowest BCUT2D eigenvalue weighted by atomic mass is 9.96. The number of fused-ring (bicyclic) bond motifs is 1. The van der Waals surface area contributed by atoms with Crippen LogP contribution in [0.1, 0.15) is 63.6 Å². The van der Waals surface area contributed by atoms with Crippen molar-refractivity contribution in [2.45, 2.75) is 53.5 Å². The third-order valence-corrected chi connectivity index (χ3v) is 5.70. The molecule has 3 heterocycles. The largest absolute Gasteiger partial charge is 0.398 e. The van der Waals surface area contributed by atoms with Gasteiger partial charge < -0.3 is 20.6 Å². The van der Waals surface area contributed by atoms with Crippen LogP contribution in [0.2, 0.25) is 0 Å². The summed E-state index contributed by atoms with van der Waals surface area (Å²) >= 11 is 4.64. The zero-order valence-electron chi connectivity index (χ0n) is 24.3. The number of benzene rings is 2. The number of amides is 1. The van der Waals surface area contributed by atoms with Crippen LogP contribution in [0, 0.1) is 5.82 Å². The molecule has 1 amide bonds. The molecule has 0 aliphatic rings. The number of aromatic nitrogens is 5. The summed E-state index contributed by atoms with van der Waals surface area (Å²) in [5.74, 6) is -0.194. The Morgan fingerprint density at radius 2 is 1.76 bits per heavy atom. The number of rotatable bonds is 5. The average molecular weight is 594 g/mol. The molecule has 220 valence electrons. The molecule has 0 saturated carbocycles. The number of pyridine rings is 1. The smallest absolute Gasteiger partial charge is 0.315 e. The molecule has 0 atom stereocenters. The zero-order chi connectivity index (χ0) is 31.0. The standard InChI is InChI=1S/C26H24FN7O2.C2H3ClO.C2H6/c1-26(2,3)25-33-24(36-34-25)23(35)30-13-15-9-8-14(12-18(15)27)16-10-11-29-22-20(16)31-21(32-22)17-6-4-5-7-19(17)28;1-2(3)4;1-2/h4-12H,13,28H2,1-3H3,(H,30,35)(H,29,31,32);1H3;1-2H3. The summed E-state index contributed by atoms with van der Waals surface area (Å²) in [6, 6.07) is 14.0. The van der Waals surface area contributed by atoms with Gasteiger partial charge in [-0.2, -0.15) is 4.98 Å². The van der Waals surface area contributed by atoms with Gasteiger partial charge in [0, 0.05) is 47.5 Å². The normalized spacial score (nSPS) is 10.8. The third kappa shape index (κ3) is 7.76. The van der Waals surface area contributed by atoms with Gasteiger partial charge in [-0.1, -0.05) is 64.0 Å². The number of nitrogens with one attached hydrogen (secondary N) is 2. The van der Waals surface area contributed by atoms with E-state index >= 15 is 4.39 Å². The lowest BCUT2D eigenvalue weighted by molar-refractivity contribution is -0.109. The summed E-state index contributed by atoms with van der Waals surface area (Å²) in [5.41, 5.74) is 9.94. The summed E-state index contributed by atoms with van der Waals surface area (Å²) in [7, 11) is 0. The van der Waals surface area contributed by atoms with Crippen LogP contribution < -0.4 is 11.1 Å². The molecule has 0 spiro atoms. The monoisotopic (exact) mass is 593 g/mol. The lowest BCUT2D eigenvalue weighted by Gasteiger charge is -2.10. The van der Waals surface area contributed by atoms with E-state index in [0.717, 1.165) is 11.1 Å². The van der Waals surface area contributed by atoms with E-state index in [9.17, 15) is 9.59 Å². The number of carbonyl (C=O) groups excluding carboxylic acids is 2. The van der Waals surface area contributed by atoms with Gasteiger partial charge in [-0.05, 0) is 41.4 Å². The van der Waals surface area contributed by atoms with Gasteiger partial charge in [-0.15, -0.1) is 0 Å². The minimum absolute atomic E-state index is 0.0363. The number of H-pyrrole nitrogens is 1. The molecule has 42 heavy (non-hydrogen) atoms. The van der Waals surface area contributed by atoms with Crippen molar-refractivity contribution in [3.8, 4) is 22.5 Å². The van der Waals surface area contributed by atoms with Crippen LogP contribution in [0.25, 0.3) is 33.7 Å². The van der Waals surface area contributed by atoms with Gasteiger partial charge in [0.1, 0.15) is 11.6 Å². The number of nitrogen functional groups attached to an aromatic ring is 1. The first-order valence-electron chi connectivity index (χ1n) is 13.2. The second kappa shape index (κ2) is 13.8. The zero-order valence-corrected chi connectivity index (χ0v) is 25.0. The number of aromatic amines is 1. The molecule has 4 N–H and O–H groups in total. The number of carbonyl (C=O) groups is 2. The molecule has 3 aromatic heterocycles. The Morgan fingerprint density at radius 1 is 1.07 bits per heavy atom. The minimum Gasteiger partial charge on any atom is -0.398 e. The second-order valence-electron chi connectivity index (χ2n) is 9.86. The first-order valence-corrected chi connectivity index (χ1v) is 13.6. The Labute approximate surface area is 247 Å². The highest BCUT2D eigenvalue weighted by Gasteiger charge is 2.24. The molecule has 12 heteroatoms. The van der Waals surface area contributed by atoms with Crippen LogP contribution in [-0.4, -0.2) is 36.2 Å². The van der Waals surface area contributed by atoms with Crippen molar-refractivity contribution in [3.63, 3.8) is 0 Å². The molecule has 0 aliphatic carbocycles. The molecular formula is C30H33ClFN7O3. The van der Waals surface area contributed by atoms with E-state index in [-0.39, 0.29) is 23.1 Å². The molecule has 0 saturated heterocycles. The maximum absolute atomic E-state index is 15.0. The Bertz CT molecular complexity index is 1690. The van der Waals surface area contributed by atoms with Gasteiger partial charge >= 0.3 is 11.8 Å². The summed E-state index contributed by atoms with van der Waals surface area (Å²) in [6.07, 6.45) is 1.62. The Hall–Kier alpha value is -4.64. The van der Waals surface area contributed by atoms with Crippen molar-refractivity contribution in [2.75, 3.05) is 5.73 Å². The van der Waals surface area contributed by atoms with Crippen LogP contribution in [-0.2, 0) is 16.8 Å². The predicted octanol–water partition coefficient (Wildman–Crippen LogP) is 6.42. The summed E-state index contributed by atoms with van der Waals surface area (Å²) in [4.78, 5) is 37.9. The second-order valence-corrected chi connectivity index (χ2v) is 10.4. The average Bonchev–Trinajstić information content (AvgIpc) is 3.61. The quantitative estimate of drug-likeness (QED) is 0.156. The van der Waals surface area contributed by atoms with Crippen molar-refractivity contribution in [1.82, 2.24) is 30.4 Å². The van der Waals surface area contributed by atoms with Gasteiger partial charge in [-0.3, -0.25) is 9.59 Å². The molecule has 2 aromatic carbocycles. The van der Waals surface area contributed by atoms with E-state index in [1.54, 1.807) is 30.5 Å². The molecule has 5 rings (SSSR count). The van der Waals surface area contributed by atoms with Gasteiger partial charge in [0.15, 0.2) is 11.5 Å². The summed E-state index contributed by atoms with van der Waals surface area (Å²) in [6.45, 7) is 11.0. The van der Waals surface area contributed by atoms with Crippen molar-refractivity contribution in [3.05, 3.63) is 77.8 Å². The Balaban J connectivity index is 0.000000745. The number of para-hydroxylation sites is 1. The number of hydrogen-bond donors (Lipinski definition) is 3. The van der Waals surface area contributed by atoms with E-state index in [0.29, 0.717) is 39.6 Å². The number of nitrogens with zero attached hydrogens (tertiary/aromatic N) is 4. The lowest BCUT2D eigenvalue weighted by Crippen LogP contribution is -2.24. The highest BCUT2D eigenvalue weighted by molar-refractivity contribution is 6.62. The third-order valence-electron chi connectivity index (χ3n) is 5.70. The first kappa shape index (κ1) is 31.9. The van der Waals surface area contributed by atoms with Crippen LogP contribution >= 0.6 is 11.6 Å². The number of hydrogen-bond acceptors (Lipinski definition) is 8.